The summed E-state index contributed by atoms with van der Waals surface area (Å²) in [6.07, 6.45) is 3.03. The fourth-order valence-electron chi connectivity index (χ4n) is 2.56. The van der Waals surface area contributed by atoms with E-state index in [0.717, 1.165) is 19.3 Å². The summed E-state index contributed by atoms with van der Waals surface area (Å²) in [6.45, 7) is 4.87. The van der Waals surface area contributed by atoms with Crippen LogP contribution in [0.1, 0.15) is 39.5 Å². The molecule has 3 atom stereocenters. The van der Waals surface area contributed by atoms with Crippen LogP contribution in [0.5, 0.6) is 0 Å². The first kappa shape index (κ1) is 15.0. The first-order valence-corrected chi connectivity index (χ1v) is 6.74. The molecular weight excluding hydrogens is 232 g/mol. The standard InChI is InChI=1S/C13H24N2O3/c1-3-4-10(8-14)12(16)15-6-5-9(2)7-11(15)13(17)18/h9-11H,3-8,14H2,1-2H3,(H,17,18). The summed E-state index contributed by atoms with van der Waals surface area (Å²) in [6, 6.07) is -0.674. The van der Waals surface area contributed by atoms with E-state index in [9.17, 15) is 14.7 Å². The zero-order valence-electron chi connectivity index (χ0n) is 11.3. The van der Waals surface area contributed by atoms with Crippen LogP contribution in [-0.4, -0.2) is 41.0 Å². The van der Waals surface area contributed by atoms with E-state index in [1.807, 2.05) is 13.8 Å². The summed E-state index contributed by atoms with van der Waals surface area (Å²) in [5.74, 6) is -0.858. The summed E-state index contributed by atoms with van der Waals surface area (Å²) in [7, 11) is 0. The molecule has 1 aliphatic heterocycles. The van der Waals surface area contributed by atoms with E-state index in [0.29, 0.717) is 25.4 Å². The number of piperidine rings is 1. The Morgan fingerprint density at radius 2 is 2.17 bits per heavy atom. The molecule has 1 amide bonds. The van der Waals surface area contributed by atoms with Crippen LogP contribution in [0.4, 0.5) is 0 Å². The molecule has 0 aromatic heterocycles. The van der Waals surface area contributed by atoms with Crippen LogP contribution in [0.2, 0.25) is 0 Å². The lowest BCUT2D eigenvalue weighted by Gasteiger charge is -2.37. The van der Waals surface area contributed by atoms with Crippen molar-refractivity contribution in [3.63, 3.8) is 0 Å². The van der Waals surface area contributed by atoms with Crippen molar-refractivity contribution in [2.24, 2.45) is 17.6 Å². The highest BCUT2D eigenvalue weighted by Crippen LogP contribution is 2.25. The molecule has 104 valence electrons. The molecule has 1 fully saturated rings. The van der Waals surface area contributed by atoms with Crippen molar-refractivity contribution >= 4 is 11.9 Å². The number of nitrogens with zero attached hydrogens (tertiary/aromatic N) is 1. The molecule has 1 saturated heterocycles. The van der Waals surface area contributed by atoms with Crippen molar-refractivity contribution in [3.05, 3.63) is 0 Å². The number of aliphatic carboxylic acids is 1. The number of likely N-dealkylation sites (tertiary alicyclic amines) is 1. The van der Waals surface area contributed by atoms with Crippen LogP contribution in [0.25, 0.3) is 0 Å². The van der Waals surface area contributed by atoms with Gasteiger partial charge in [-0.15, -0.1) is 0 Å². The molecule has 0 aromatic rings. The number of carbonyl (C=O) groups excluding carboxylic acids is 1. The molecule has 0 bridgehead atoms. The average Bonchev–Trinajstić information content (AvgIpc) is 2.35. The predicted octanol–water partition coefficient (Wildman–Crippen LogP) is 1.07. The molecule has 1 heterocycles. The molecule has 0 radical (unpaired) electrons. The number of nitrogens with two attached hydrogens (primary N) is 1. The predicted molar refractivity (Wildman–Crippen MR) is 69.0 cm³/mol. The molecule has 0 saturated carbocycles. The van der Waals surface area contributed by atoms with Gasteiger partial charge in [-0.05, 0) is 25.2 Å². The minimum absolute atomic E-state index is 0.0846. The Labute approximate surface area is 108 Å². The highest BCUT2D eigenvalue weighted by Gasteiger charge is 2.36. The van der Waals surface area contributed by atoms with E-state index < -0.39 is 12.0 Å². The van der Waals surface area contributed by atoms with Gasteiger partial charge in [0.2, 0.25) is 5.91 Å². The second-order valence-electron chi connectivity index (χ2n) is 5.24. The highest BCUT2D eigenvalue weighted by molar-refractivity contribution is 5.85. The Morgan fingerprint density at radius 3 is 2.67 bits per heavy atom. The molecule has 1 rings (SSSR count). The maximum absolute atomic E-state index is 12.3. The number of amides is 1. The SMILES string of the molecule is CCCC(CN)C(=O)N1CCC(C)CC1C(=O)O. The van der Waals surface area contributed by atoms with Gasteiger partial charge in [0, 0.05) is 13.1 Å². The van der Waals surface area contributed by atoms with E-state index >= 15 is 0 Å². The molecule has 0 aromatic carbocycles. The van der Waals surface area contributed by atoms with E-state index in [1.54, 1.807) is 0 Å². The zero-order valence-corrected chi connectivity index (χ0v) is 11.3. The van der Waals surface area contributed by atoms with Crippen LogP contribution in [0, 0.1) is 11.8 Å². The number of carbonyl (C=O) groups is 2. The number of carboxylic acid groups (broad SMARTS) is 1. The average molecular weight is 256 g/mol. The molecule has 1 aliphatic rings. The Morgan fingerprint density at radius 1 is 1.50 bits per heavy atom. The lowest BCUT2D eigenvalue weighted by Crippen LogP contribution is -2.52. The van der Waals surface area contributed by atoms with Crippen molar-refractivity contribution in [1.29, 1.82) is 0 Å². The first-order chi connectivity index (χ1) is 8.51. The quantitative estimate of drug-likeness (QED) is 0.770. The molecule has 0 spiro atoms. The monoisotopic (exact) mass is 256 g/mol. The van der Waals surface area contributed by atoms with E-state index in [4.69, 9.17) is 5.73 Å². The van der Waals surface area contributed by atoms with Crippen LogP contribution in [-0.2, 0) is 9.59 Å². The van der Waals surface area contributed by atoms with Crippen molar-refractivity contribution in [2.45, 2.75) is 45.6 Å². The molecule has 0 aliphatic carbocycles. The minimum Gasteiger partial charge on any atom is -0.480 e. The Kier molecular flexibility index (Phi) is 5.59. The van der Waals surface area contributed by atoms with Gasteiger partial charge in [0.05, 0.1) is 5.92 Å². The third kappa shape index (κ3) is 3.45. The lowest BCUT2D eigenvalue weighted by molar-refractivity contribution is -0.154. The Hall–Kier alpha value is -1.10. The van der Waals surface area contributed by atoms with E-state index in [1.165, 1.54) is 4.90 Å². The maximum Gasteiger partial charge on any atom is 0.326 e. The van der Waals surface area contributed by atoms with Gasteiger partial charge >= 0.3 is 5.97 Å². The van der Waals surface area contributed by atoms with Gasteiger partial charge in [0.15, 0.2) is 0 Å². The van der Waals surface area contributed by atoms with Gasteiger partial charge in [-0.1, -0.05) is 20.3 Å². The zero-order chi connectivity index (χ0) is 13.7. The first-order valence-electron chi connectivity index (χ1n) is 6.74. The number of rotatable bonds is 5. The van der Waals surface area contributed by atoms with Crippen LogP contribution in [0.3, 0.4) is 0 Å². The number of hydrogen-bond donors (Lipinski definition) is 2. The van der Waals surface area contributed by atoms with Crippen LogP contribution in [0.15, 0.2) is 0 Å². The molecule has 18 heavy (non-hydrogen) atoms. The van der Waals surface area contributed by atoms with Crippen LogP contribution < -0.4 is 5.73 Å². The van der Waals surface area contributed by atoms with E-state index in [2.05, 4.69) is 0 Å². The normalized spacial score (nSPS) is 25.8. The molecule has 3 unspecified atom stereocenters. The van der Waals surface area contributed by atoms with Crippen molar-refractivity contribution in [1.82, 2.24) is 4.90 Å². The molecule has 5 heteroatoms. The smallest absolute Gasteiger partial charge is 0.326 e. The van der Waals surface area contributed by atoms with Crippen molar-refractivity contribution in [2.75, 3.05) is 13.1 Å². The summed E-state index contributed by atoms with van der Waals surface area (Å²) in [5, 5.41) is 9.23. The van der Waals surface area contributed by atoms with Crippen molar-refractivity contribution < 1.29 is 14.7 Å². The lowest BCUT2D eigenvalue weighted by atomic mass is 9.90. The number of carboxylic acids is 1. The fraction of sp³-hybridized carbons (Fsp3) is 0.846. The summed E-state index contributed by atoms with van der Waals surface area (Å²) >= 11 is 0. The molecule has 5 nitrogen and oxygen atoms in total. The minimum atomic E-state index is -0.901. The summed E-state index contributed by atoms with van der Waals surface area (Å²) in [4.78, 5) is 25.1. The number of hydrogen-bond acceptors (Lipinski definition) is 3. The summed E-state index contributed by atoms with van der Waals surface area (Å²) < 4.78 is 0. The maximum atomic E-state index is 12.3. The fourth-order valence-corrected chi connectivity index (χ4v) is 2.56. The highest BCUT2D eigenvalue weighted by atomic mass is 16.4. The van der Waals surface area contributed by atoms with Gasteiger partial charge in [-0.2, -0.15) is 0 Å². The topological polar surface area (TPSA) is 83.6 Å². The molecule has 3 N–H and O–H groups in total. The van der Waals surface area contributed by atoms with Gasteiger partial charge in [0.25, 0.3) is 0 Å². The second kappa shape index (κ2) is 6.73. The van der Waals surface area contributed by atoms with Gasteiger partial charge in [-0.25, -0.2) is 4.79 Å². The Balaban J connectivity index is 2.77. The summed E-state index contributed by atoms with van der Waals surface area (Å²) in [5.41, 5.74) is 5.62. The van der Waals surface area contributed by atoms with Crippen LogP contribution >= 0.6 is 0 Å². The van der Waals surface area contributed by atoms with Gasteiger partial charge < -0.3 is 15.7 Å². The van der Waals surface area contributed by atoms with Crippen molar-refractivity contribution in [3.8, 4) is 0 Å². The second-order valence-corrected chi connectivity index (χ2v) is 5.24. The Bertz CT molecular complexity index is 307. The largest absolute Gasteiger partial charge is 0.480 e. The van der Waals surface area contributed by atoms with E-state index in [-0.39, 0.29) is 11.8 Å². The third-order valence-corrected chi connectivity index (χ3v) is 3.70. The third-order valence-electron chi connectivity index (χ3n) is 3.70. The molecular formula is C13H24N2O3. The van der Waals surface area contributed by atoms with Gasteiger partial charge in [0.1, 0.15) is 6.04 Å². The van der Waals surface area contributed by atoms with Gasteiger partial charge in [-0.3, -0.25) is 4.79 Å².